The Morgan fingerprint density at radius 1 is 0.867 bits per heavy atom. The van der Waals surface area contributed by atoms with E-state index in [0.717, 1.165) is 0 Å². The molecule has 0 atom stereocenters. The lowest BCUT2D eigenvalue weighted by atomic mass is 10.1. The number of allylic oxidation sites excluding steroid dienone is 1. The summed E-state index contributed by atoms with van der Waals surface area (Å²) in [6.07, 6.45) is 3.00. The minimum absolute atomic E-state index is 0.256. The Hall–Kier alpha value is -3.57. The smallest absolute Gasteiger partial charge is 0.343 e. The van der Waals surface area contributed by atoms with Crippen molar-refractivity contribution in [2.45, 2.75) is 0 Å². The van der Waals surface area contributed by atoms with Gasteiger partial charge in [0.25, 0.3) is 0 Å². The van der Waals surface area contributed by atoms with Crippen molar-refractivity contribution in [3.05, 3.63) is 94.5 Å². The Labute approximate surface area is 179 Å². The zero-order valence-electron chi connectivity index (χ0n) is 16.4. The number of ether oxygens (including phenoxy) is 3. The van der Waals surface area contributed by atoms with Crippen LogP contribution in [0.15, 0.2) is 72.8 Å². The van der Waals surface area contributed by atoms with Crippen molar-refractivity contribution >= 4 is 29.4 Å². The molecule has 0 amide bonds. The second-order valence-corrected chi connectivity index (χ2v) is 6.63. The molecule has 0 bridgehead atoms. The van der Waals surface area contributed by atoms with Crippen LogP contribution in [0.1, 0.15) is 26.3 Å². The van der Waals surface area contributed by atoms with Crippen LogP contribution in [0.3, 0.4) is 0 Å². The third-order valence-electron chi connectivity index (χ3n) is 4.29. The molecule has 0 aliphatic rings. The highest BCUT2D eigenvalue weighted by molar-refractivity contribution is 6.30. The van der Waals surface area contributed by atoms with Gasteiger partial charge in [0, 0.05) is 16.7 Å². The van der Waals surface area contributed by atoms with Gasteiger partial charge in [0.05, 0.1) is 25.3 Å². The number of carbonyl (C=O) groups is 2. The number of hydrogen-bond donors (Lipinski definition) is 0. The zero-order valence-corrected chi connectivity index (χ0v) is 17.2. The minimum atomic E-state index is -0.518. The number of esters is 1. The van der Waals surface area contributed by atoms with Gasteiger partial charge < -0.3 is 14.2 Å². The molecule has 0 N–H and O–H groups in total. The predicted octanol–water partition coefficient (Wildman–Crippen LogP) is 5.47. The molecule has 0 saturated heterocycles. The van der Waals surface area contributed by atoms with E-state index >= 15 is 0 Å². The van der Waals surface area contributed by atoms with Gasteiger partial charge in [-0.15, -0.1) is 0 Å². The molecule has 5 nitrogen and oxygen atoms in total. The standard InChI is InChI=1S/C24H19ClO5/c1-28-19-12-13-20(23(15-19)29-2)21(26)14-9-16-5-3-4-6-22(16)30-24(27)17-7-10-18(25)11-8-17/h3-15H,1-2H3. The van der Waals surface area contributed by atoms with Crippen molar-refractivity contribution in [2.75, 3.05) is 14.2 Å². The monoisotopic (exact) mass is 422 g/mol. The summed E-state index contributed by atoms with van der Waals surface area (Å²) in [5.41, 5.74) is 1.35. The maximum absolute atomic E-state index is 12.7. The molecule has 0 aliphatic carbocycles. The average Bonchev–Trinajstić information content (AvgIpc) is 2.78. The highest BCUT2D eigenvalue weighted by Crippen LogP contribution is 2.26. The molecule has 3 aromatic rings. The molecule has 0 radical (unpaired) electrons. The second kappa shape index (κ2) is 9.76. The number of carbonyl (C=O) groups excluding carboxylic acids is 2. The van der Waals surface area contributed by atoms with Crippen molar-refractivity contribution in [3.63, 3.8) is 0 Å². The van der Waals surface area contributed by atoms with E-state index in [1.807, 2.05) is 0 Å². The molecule has 0 aliphatic heterocycles. The topological polar surface area (TPSA) is 61.8 Å². The maximum Gasteiger partial charge on any atom is 0.343 e. The summed E-state index contributed by atoms with van der Waals surface area (Å²) in [6, 6.07) is 18.3. The number of ketones is 1. The van der Waals surface area contributed by atoms with Gasteiger partial charge in [-0.25, -0.2) is 4.79 Å². The molecular formula is C24H19ClO5. The third-order valence-corrected chi connectivity index (χ3v) is 4.54. The van der Waals surface area contributed by atoms with Crippen molar-refractivity contribution in [1.29, 1.82) is 0 Å². The lowest BCUT2D eigenvalue weighted by molar-refractivity contribution is 0.0734. The van der Waals surface area contributed by atoms with E-state index in [2.05, 4.69) is 0 Å². The minimum Gasteiger partial charge on any atom is -0.497 e. The highest BCUT2D eigenvalue weighted by Gasteiger charge is 2.13. The number of benzene rings is 3. The van der Waals surface area contributed by atoms with E-state index in [4.69, 9.17) is 25.8 Å². The molecule has 0 spiro atoms. The van der Waals surface area contributed by atoms with Crippen LogP contribution in [-0.2, 0) is 0 Å². The molecule has 0 fully saturated rings. The summed E-state index contributed by atoms with van der Waals surface area (Å²) in [4.78, 5) is 25.1. The van der Waals surface area contributed by atoms with Crippen molar-refractivity contribution in [1.82, 2.24) is 0 Å². The van der Waals surface area contributed by atoms with Crippen LogP contribution in [0.25, 0.3) is 6.08 Å². The van der Waals surface area contributed by atoms with Gasteiger partial charge >= 0.3 is 5.97 Å². The van der Waals surface area contributed by atoms with E-state index in [-0.39, 0.29) is 5.78 Å². The molecule has 0 aromatic heterocycles. The van der Waals surface area contributed by atoms with Gasteiger partial charge in [0.15, 0.2) is 5.78 Å². The van der Waals surface area contributed by atoms with E-state index in [1.54, 1.807) is 79.9 Å². The zero-order chi connectivity index (χ0) is 21.5. The first-order valence-corrected chi connectivity index (χ1v) is 9.41. The Balaban J connectivity index is 1.80. The number of para-hydroxylation sites is 1. The van der Waals surface area contributed by atoms with Gasteiger partial charge in [-0.1, -0.05) is 29.8 Å². The molecule has 3 aromatic carbocycles. The normalized spacial score (nSPS) is 10.6. The van der Waals surface area contributed by atoms with Crippen LogP contribution in [0.4, 0.5) is 0 Å². The molecule has 152 valence electrons. The Morgan fingerprint density at radius 2 is 1.60 bits per heavy atom. The Morgan fingerprint density at radius 3 is 2.30 bits per heavy atom. The fraction of sp³-hybridized carbons (Fsp3) is 0.0833. The molecule has 6 heteroatoms. The van der Waals surface area contributed by atoms with Crippen molar-refractivity contribution in [2.24, 2.45) is 0 Å². The number of halogens is 1. The van der Waals surface area contributed by atoms with Crippen LogP contribution in [0.5, 0.6) is 17.2 Å². The summed E-state index contributed by atoms with van der Waals surface area (Å²) in [5, 5.41) is 0.530. The van der Waals surface area contributed by atoms with Gasteiger partial charge in [0.1, 0.15) is 17.2 Å². The van der Waals surface area contributed by atoms with Gasteiger partial charge in [-0.2, -0.15) is 0 Å². The number of hydrogen-bond acceptors (Lipinski definition) is 5. The first-order valence-electron chi connectivity index (χ1n) is 9.03. The van der Waals surface area contributed by atoms with Crippen molar-refractivity contribution < 1.29 is 23.8 Å². The molecular weight excluding hydrogens is 404 g/mol. The predicted molar refractivity (Wildman–Crippen MR) is 116 cm³/mol. The van der Waals surface area contributed by atoms with E-state index in [9.17, 15) is 9.59 Å². The summed E-state index contributed by atoms with van der Waals surface area (Å²) in [5.74, 6) is 0.561. The lowest BCUT2D eigenvalue weighted by Gasteiger charge is -2.09. The van der Waals surface area contributed by atoms with Crippen LogP contribution >= 0.6 is 11.6 Å². The molecule has 30 heavy (non-hydrogen) atoms. The first kappa shape index (κ1) is 21.1. The fourth-order valence-corrected chi connectivity index (χ4v) is 2.84. The summed E-state index contributed by atoms with van der Waals surface area (Å²) >= 11 is 5.85. The van der Waals surface area contributed by atoms with Crippen LogP contribution < -0.4 is 14.2 Å². The molecule has 0 heterocycles. The SMILES string of the molecule is COc1ccc(C(=O)C=Cc2ccccc2OC(=O)c2ccc(Cl)cc2)c(OC)c1. The summed E-state index contributed by atoms with van der Waals surface area (Å²) < 4.78 is 15.9. The summed E-state index contributed by atoms with van der Waals surface area (Å²) in [6.45, 7) is 0. The van der Waals surface area contributed by atoms with Gasteiger partial charge in [-0.05, 0) is 54.6 Å². The van der Waals surface area contributed by atoms with E-state index < -0.39 is 5.97 Å². The number of methoxy groups -OCH3 is 2. The fourth-order valence-electron chi connectivity index (χ4n) is 2.71. The van der Waals surface area contributed by atoms with Crippen LogP contribution in [0, 0.1) is 0 Å². The largest absolute Gasteiger partial charge is 0.497 e. The molecule has 0 saturated carbocycles. The average molecular weight is 423 g/mol. The third kappa shape index (κ3) is 5.07. The lowest BCUT2D eigenvalue weighted by Crippen LogP contribution is -2.09. The molecule has 3 rings (SSSR count). The van der Waals surface area contributed by atoms with Crippen LogP contribution in [0.2, 0.25) is 5.02 Å². The highest BCUT2D eigenvalue weighted by atomic mass is 35.5. The van der Waals surface area contributed by atoms with E-state index in [0.29, 0.717) is 39.0 Å². The Kier molecular flexibility index (Phi) is 6.88. The second-order valence-electron chi connectivity index (χ2n) is 6.20. The Bertz CT molecular complexity index is 1090. The van der Waals surface area contributed by atoms with Crippen LogP contribution in [-0.4, -0.2) is 26.0 Å². The number of rotatable bonds is 7. The van der Waals surface area contributed by atoms with Gasteiger partial charge in [0.2, 0.25) is 0 Å². The quantitative estimate of drug-likeness (QED) is 0.218. The van der Waals surface area contributed by atoms with E-state index in [1.165, 1.54) is 13.2 Å². The first-order chi connectivity index (χ1) is 14.5. The van der Waals surface area contributed by atoms with Gasteiger partial charge in [-0.3, -0.25) is 4.79 Å². The maximum atomic E-state index is 12.7. The summed E-state index contributed by atoms with van der Waals surface area (Å²) in [7, 11) is 3.03. The van der Waals surface area contributed by atoms with Crippen molar-refractivity contribution in [3.8, 4) is 17.2 Å². The molecule has 0 unspecified atom stereocenters.